The second-order valence-electron chi connectivity index (χ2n) is 4.96. The van der Waals surface area contributed by atoms with Crippen molar-refractivity contribution < 1.29 is 19.0 Å². The smallest absolute Gasteiger partial charge is 0.167 e. The van der Waals surface area contributed by atoms with Gasteiger partial charge in [0.1, 0.15) is 40.7 Å². The second-order valence-corrected chi connectivity index (χ2v) is 6.38. The van der Waals surface area contributed by atoms with Crippen LogP contribution in [0.3, 0.4) is 0 Å². The van der Waals surface area contributed by atoms with Crippen LogP contribution >= 0.6 is 34.8 Å². The van der Waals surface area contributed by atoms with Gasteiger partial charge in [-0.25, -0.2) is 0 Å². The highest BCUT2D eigenvalue weighted by Crippen LogP contribution is 2.31. The number of halogens is 3. The minimum Gasteiger partial charge on any atom is -0.489 e. The van der Waals surface area contributed by atoms with Crippen molar-refractivity contribution >= 4 is 40.6 Å². The zero-order valence-electron chi connectivity index (χ0n) is 13.3. The number of carbonyl (C=O) groups excluding carboxylic acids is 1. The number of rotatable bonds is 8. The fourth-order valence-electron chi connectivity index (χ4n) is 1.78. The van der Waals surface area contributed by atoms with Crippen molar-refractivity contribution in [1.29, 1.82) is 0 Å². The monoisotopic (exact) mass is 400 g/mol. The zero-order chi connectivity index (χ0) is 18.2. The Morgan fingerprint density at radius 3 is 2.24 bits per heavy atom. The van der Waals surface area contributed by atoms with Crippen LogP contribution in [0.2, 0.25) is 5.02 Å². The highest BCUT2D eigenvalue weighted by atomic mass is 35.5. The standard InChI is InChI=1S/C18H15Cl3O4/c1-12(22)11-24-17-7-6-15(10-16(17)19)25-14-4-2-13(3-5-14)23-9-8-18(20)21/h2-8,10H,9,11H2,1H3. The van der Waals surface area contributed by atoms with Crippen LogP contribution in [0.15, 0.2) is 53.0 Å². The van der Waals surface area contributed by atoms with Crippen molar-refractivity contribution in [1.82, 2.24) is 0 Å². The van der Waals surface area contributed by atoms with Crippen LogP contribution in [0.25, 0.3) is 0 Å². The maximum absolute atomic E-state index is 10.9. The van der Waals surface area contributed by atoms with E-state index in [1.54, 1.807) is 48.5 Å². The lowest BCUT2D eigenvalue weighted by atomic mass is 10.3. The van der Waals surface area contributed by atoms with Gasteiger partial charge in [-0.05, 0) is 49.4 Å². The molecule has 2 rings (SSSR count). The quantitative estimate of drug-likeness (QED) is 0.561. The minimum absolute atomic E-state index is 0.0223. The molecule has 0 saturated heterocycles. The van der Waals surface area contributed by atoms with Crippen LogP contribution in [0.4, 0.5) is 0 Å². The highest BCUT2D eigenvalue weighted by molar-refractivity contribution is 6.55. The molecule has 2 aromatic rings. The summed E-state index contributed by atoms with van der Waals surface area (Å²) in [7, 11) is 0. The van der Waals surface area contributed by atoms with Crippen molar-refractivity contribution in [2.24, 2.45) is 0 Å². The molecule has 0 fully saturated rings. The van der Waals surface area contributed by atoms with Crippen molar-refractivity contribution in [2.75, 3.05) is 13.2 Å². The van der Waals surface area contributed by atoms with Crippen LogP contribution in [0, 0.1) is 0 Å². The lowest BCUT2D eigenvalue weighted by Gasteiger charge is -2.10. The summed E-state index contributed by atoms with van der Waals surface area (Å²) in [6, 6.07) is 12.0. The van der Waals surface area contributed by atoms with E-state index >= 15 is 0 Å². The van der Waals surface area contributed by atoms with Crippen molar-refractivity contribution in [3.05, 3.63) is 58.1 Å². The number of carbonyl (C=O) groups is 1. The third kappa shape index (κ3) is 6.86. The summed E-state index contributed by atoms with van der Waals surface area (Å²) in [6.45, 7) is 1.70. The molecular formula is C18H15Cl3O4. The van der Waals surface area contributed by atoms with Gasteiger partial charge in [0, 0.05) is 6.07 Å². The number of Topliss-reactive ketones (excluding diaryl/α,β-unsaturated/α-hetero) is 1. The van der Waals surface area contributed by atoms with E-state index in [9.17, 15) is 4.79 Å². The predicted molar refractivity (Wildman–Crippen MR) is 99.4 cm³/mol. The molecule has 0 radical (unpaired) electrons. The maximum atomic E-state index is 10.9. The Hall–Kier alpha value is -1.88. The average Bonchev–Trinajstić information content (AvgIpc) is 2.55. The Morgan fingerprint density at radius 2 is 1.64 bits per heavy atom. The van der Waals surface area contributed by atoms with E-state index < -0.39 is 0 Å². The first-order valence-electron chi connectivity index (χ1n) is 7.27. The van der Waals surface area contributed by atoms with Crippen LogP contribution < -0.4 is 14.2 Å². The predicted octanol–water partition coefficient (Wildman–Crippen LogP) is 5.80. The van der Waals surface area contributed by atoms with E-state index in [0.717, 1.165) is 0 Å². The second kappa shape index (κ2) is 9.56. The molecule has 0 heterocycles. The van der Waals surface area contributed by atoms with Crippen LogP contribution in [0.5, 0.6) is 23.0 Å². The molecule has 0 aromatic heterocycles. The molecule has 0 amide bonds. The first-order chi connectivity index (χ1) is 11.9. The Bertz CT molecular complexity index is 753. The molecular weight excluding hydrogens is 387 g/mol. The van der Waals surface area contributed by atoms with Crippen molar-refractivity contribution in [3.63, 3.8) is 0 Å². The topological polar surface area (TPSA) is 44.8 Å². The van der Waals surface area contributed by atoms with Gasteiger partial charge in [0.25, 0.3) is 0 Å². The third-order valence-electron chi connectivity index (χ3n) is 2.88. The van der Waals surface area contributed by atoms with Gasteiger partial charge < -0.3 is 14.2 Å². The molecule has 0 spiro atoms. The maximum Gasteiger partial charge on any atom is 0.167 e. The molecule has 0 bridgehead atoms. The van der Waals surface area contributed by atoms with Gasteiger partial charge in [-0.3, -0.25) is 4.79 Å². The molecule has 7 heteroatoms. The van der Waals surface area contributed by atoms with Gasteiger partial charge >= 0.3 is 0 Å². The third-order valence-corrected chi connectivity index (χ3v) is 3.49. The summed E-state index contributed by atoms with van der Waals surface area (Å²) in [4.78, 5) is 10.9. The van der Waals surface area contributed by atoms with E-state index in [0.29, 0.717) is 28.0 Å². The summed E-state index contributed by atoms with van der Waals surface area (Å²) >= 11 is 17.1. The highest BCUT2D eigenvalue weighted by Gasteiger charge is 2.06. The molecule has 0 aliphatic heterocycles. The fraction of sp³-hybridized carbons (Fsp3) is 0.167. The Morgan fingerprint density at radius 1 is 1.00 bits per heavy atom. The van der Waals surface area contributed by atoms with E-state index in [4.69, 9.17) is 49.0 Å². The van der Waals surface area contributed by atoms with Gasteiger partial charge in [-0.15, -0.1) is 0 Å². The lowest BCUT2D eigenvalue weighted by molar-refractivity contribution is -0.118. The number of ether oxygens (including phenoxy) is 3. The summed E-state index contributed by atoms with van der Waals surface area (Å²) in [5, 5.41) is 0.364. The first-order valence-corrected chi connectivity index (χ1v) is 8.41. The number of hydrogen-bond acceptors (Lipinski definition) is 4. The molecule has 0 N–H and O–H groups in total. The van der Waals surface area contributed by atoms with Gasteiger partial charge in [0.2, 0.25) is 0 Å². The van der Waals surface area contributed by atoms with Crippen LogP contribution in [-0.4, -0.2) is 19.0 Å². The largest absolute Gasteiger partial charge is 0.489 e. The summed E-state index contributed by atoms with van der Waals surface area (Å²) in [5.41, 5.74) is 0. The zero-order valence-corrected chi connectivity index (χ0v) is 15.6. The number of benzene rings is 2. The number of hydrogen-bond donors (Lipinski definition) is 0. The number of ketones is 1. The molecule has 25 heavy (non-hydrogen) atoms. The van der Waals surface area contributed by atoms with Crippen LogP contribution in [0.1, 0.15) is 6.92 Å². The Balaban J connectivity index is 1.96. The summed E-state index contributed by atoms with van der Waals surface area (Å²) < 4.78 is 16.6. The van der Waals surface area contributed by atoms with Gasteiger partial charge in [0.15, 0.2) is 5.78 Å². The Kier molecular flexibility index (Phi) is 7.44. The van der Waals surface area contributed by atoms with Gasteiger partial charge in [0.05, 0.1) is 5.02 Å². The van der Waals surface area contributed by atoms with Crippen LogP contribution in [-0.2, 0) is 4.79 Å². The lowest BCUT2D eigenvalue weighted by Crippen LogP contribution is -2.06. The molecule has 0 aliphatic rings. The summed E-state index contributed by atoms with van der Waals surface area (Å²) in [6.07, 6.45) is 1.55. The van der Waals surface area contributed by atoms with E-state index in [-0.39, 0.29) is 23.5 Å². The molecule has 0 atom stereocenters. The fourth-order valence-corrected chi connectivity index (χ4v) is 2.13. The van der Waals surface area contributed by atoms with E-state index in [2.05, 4.69) is 0 Å². The van der Waals surface area contributed by atoms with E-state index in [1.807, 2.05) is 0 Å². The molecule has 2 aromatic carbocycles. The summed E-state index contributed by atoms with van der Waals surface area (Å²) in [5.74, 6) is 2.17. The minimum atomic E-state index is -0.0810. The van der Waals surface area contributed by atoms with E-state index in [1.165, 1.54) is 6.92 Å². The SMILES string of the molecule is CC(=O)COc1ccc(Oc2ccc(OCC=C(Cl)Cl)cc2)cc1Cl. The molecule has 0 unspecified atom stereocenters. The van der Waals surface area contributed by atoms with Gasteiger partial charge in [-0.1, -0.05) is 34.8 Å². The molecule has 4 nitrogen and oxygen atoms in total. The molecule has 0 saturated carbocycles. The van der Waals surface area contributed by atoms with Crippen molar-refractivity contribution in [3.8, 4) is 23.0 Å². The molecule has 132 valence electrons. The first kappa shape index (κ1) is 19.4. The Labute approximate surface area is 160 Å². The average molecular weight is 402 g/mol. The normalized spacial score (nSPS) is 10.1. The molecule has 0 aliphatic carbocycles. The van der Waals surface area contributed by atoms with Gasteiger partial charge in [-0.2, -0.15) is 0 Å². The van der Waals surface area contributed by atoms with Crippen molar-refractivity contribution in [2.45, 2.75) is 6.92 Å².